The van der Waals surface area contributed by atoms with Crippen molar-refractivity contribution in [3.05, 3.63) is 52.7 Å². The van der Waals surface area contributed by atoms with E-state index in [-0.39, 0.29) is 5.56 Å². The summed E-state index contributed by atoms with van der Waals surface area (Å²) in [5.74, 6) is 0. The van der Waals surface area contributed by atoms with Crippen molar-refractivity contribution in [2.45, 2.75) is 32.9 Å². The van der Waals surface area contributed by atoms with Crippen LogP contribution >= 0.6 is 0 Å². The van der Waals surface area contributed by atoms with Gasteiger partial charge in [0.25, 0.3) is 5.56 Å². The first-order valence-corrected chi connectivity index (χ1v) is 6.94. The normalized spacial score (nSPS) is 11.0. The molecule has 0 aliphatic heterocycles. The first kappa shape index (κ1) is 15.8. The Labute approximate surface area is 128 Å². The number of amides is 1. The third kappa shape index (κ3) is 4.44. The maximum absolute atomic E-state index is 11.8. The third-order valence-corrected chi connectivity index (χ3v) is 2.79. The molecule has 2 aromatic rings. The van der Waals surface area contributed by atoms with Crippen LogP contribution in [0.4, 0.5) is 4.79 Å². The molecule has 0 spiro atoms. The Kier molecular flexibility index (Phi) is 4.60. The quantitative estimate of drug-likeness (QED) is 0.912. The lowest BCUT2D eigenvalue weighted by molar-refractivity contribution is 0.0523. The van der Waals surface area contributed by atoms with Gasteiger partial charge in [0, 0.05) is 12.7 Å². The van der Waals surface area contributed by atoms with Crippen LogP contribution in [0.15, 0.2) is 41.6 Å². The van der Waals surface area contributed by atoms with Crippen molar-refractivity contribution in [1.82, 2.24) is 15.3 Å². The maximum Gasteiger partial charge on any atom is 0.407 e. The molecular formula is C16H19N3O3. The van der Waals surface area contributed by atoms with E-state index in [9.17, 15) is 9.59 Å². The molecule has 0 radical (unpaired) electrons. The van der Waals surface area contributed by atoms with Gasteiger partial charge in [-0.15, -0.1) is 0 Å². The molecule has 0 bridgehead atoms. The van der Waals surface area contributed by atoms with E-state index in [1.807, 2.05) is 45.0 Å². The molecule has 0 saturated heterocycles. The average molecular weight is 301 g/mol. The lowest BCUT2D eigenvalue weighted by Gasteiger charge is -2.19. The molecule has 0 aliphatic carbocycles. The molecule has 0 aliphatic rings. The van der Waals surface area contributed by atoms with Gasteiger partial charge < -0.3 is 15.0 Å². The molecule has 0 unspecified atom stereocenters. The second-order valence-electron chi connectivity index (χ2n) is 5.85. The van der Waals surface area contributed by atoms with E-state index in [1.165, 1.54) is 12.5 Å². The number of hydrogen-bond donors (Lipinski definition) is 2. The monoisotopic (exact) mass is 301 g/mol. The number of hydrogen-bond acceptors (Lipinski definition) is 4. The number of alkyl carbamates (subject to hydrolysis) is 1. The Hall–Kier alpha value is -2.63. The van der Waals surface area contributed by atoms with Gasteiger partial charge in [0.15, 0.2) is 0 Å². The van der Waals surface area contributed by atoms with E-state index >= 15 is 0 Å². The van der Waals surface area contributed by atoms with Crippen molar-refractivity contribution in [2.75, 3.05) is 0 Å². The van der Waals surface area contributed by atoms with Gasteiger partial charge in [0.2, 0.25) is 0 Å². The third-order valence-electron chi connectivity index (χ3n) is 2.79. The van der Waals surface area contributed by atoms with E-state index in [0.29, 0.717) is 12.1 Å². The number of carbonyl (C=O) groups is 1. The van der Waals surface area contributed by atoms with Crippen LogP contribution in [0.1, 0.15) is 26.3 Å². The van der Waals surface area contributed by atoms with Crippen molar-refractivity contribution < 1.29 is 9.53 Å². The molecule has 6 nitrogen and oxygen atoms in total. The summed E-state index contributed by atoms with van der Waals surface area (Å²) in [4.78, 5) is 29.9. The predicted octanol–water partition coefficient (Wildman–Crippen LogP) is 2.46. The molecule has 1 heterocycles. The van der Waals surface area contributed by atoms with Gasteiger partial charge in [-0.2, -0.15) is 0 Å². The number of aromatic nitrogens is 2. The fourth-order valence-electron chi connectivity index (χ4n) is 1.89. The van der Waals surface area contributed by atoms with Crippen molar-refractivity contribution in [3.63, 3.8) is 0 Å². The summed E-state index contributed by atoms with van der Waals surface area (Å²) in [7, 11) is 0. The minimum absolute atomic E-state index is 0.202. The van der Waals surface area contributed by atoms with Gasteiger partial charge >= 0.3 is 6.09 Å². The number of nitrogens with zero attached hydrogens (tertiary/aromatic N) is 1. The first-order chi connectivity index (χ1) is 10.3. The maximum atomic E-state index is 11.8. The van der Waals surface area contributed by atoms with Gasteiger partial charge in [-0.25, -0.2) is 9.78 Å². The summed E-state index contributed by atoms with van der Waals surface area (Å²) in [6.45, 7) is 5.74. The molecule has 116 valence electrons. The molecule has 1 aromatic heterocycles. The summed E-state index contributed by atoms with van der Waals surface area (Å²) in [6, 6.07) is 7.35. The largest absolute Gasteiger partial charge is 0.444 e. The Bertz CT molecular complexity index is 717. The summed E-state index contributed by atoms with van der Waals surface area (Å²) in [6.07, 6.45) is 2.39. The van der Waals surface area contributed by atoms with Gasteiger partial charge in [0.1, 0.15) is 5.60 Å². The predicted molar refractivity (Wildman–Crippen MR) is 83.4 cm³/mol. The number of rotatable bonds is 3. The van der Waals surface area contributed by atoms with Crippen LogP contribution in [0.2, 0.25) is 0 Å². The zero-order chi connectivity index (χ0) is 16.2. The highest BCUT2D eigenvalue weighted by molar-refractivity contribution is 5.68. The van der Waals surface area contributed by atoms with Crippen molar-refractivity contribution in [3.8, 4) is 11.1 Å². The Morgan fingerprint density at radius 3 is 2.82 bits per heavy atom. The lowest BCUT2D eigenvalue weighted by atomic mass is 10.1. The molecule has 2 N–H and O–H groups in total. The highest BCUT2D eigenvalue weighted by Crippen LogP contribution is 2.16. The number of nitrogens with one attached hydrogen (secondary N) is 2. The molecular weight excluding hydrogens is 282 g/mol. The Morgan fingerprint density at radius 2 is 2.14 bits per heavy atom. The van der Waals surface area contributed by atoms with E-state index in [0.717, 1.165) is 11.1 Å². The highest BCUT2D eigenvalue weighted by Gasteiger charge is 2.15. The fraction of sp³-hybridized carbons (Fsp3) is 0.312. The zero-order valence-corrected chi connectivity index (χ0v) is 12.8. The topological polar surface area (TPSA) is 84.1 Å². The smallest absolute Gasteiger partial charge is 0.407 e. The van der Waals surface area contributed by atoms with Crippen LogP contribution in [0.25, 0.3) is 11.1 Å². The Morgan fingerprint density at radius 1 is 1.36 bits per heavy atom. The number of aromatic amines is 1. The van der Waals surface area contributed by atoms with E-state index in [1.54, 1.807) is 0 Å². The molecule has 0 fully saturated rings. The van der Waals surface area contributed by atoms with E-state index in [4.69, 9.17) is 4.74 Å². The van der Waals surface area contributed by atoms with Crippen LogP contribution in [0, 0.1) is 0 Å². The zero-order valence-electron chi connectivity index (χ0n) is 12.8. The van der Waals surface area contributed by atoms with Gasteiger partial charge in [-0.1, -0.05) is 18.2 Å². The second-order valence-corrected chi connectivity index (χ2v) is 5.85. The van der Waals surface area contributed by atoms with Gasteiger partial charge in [-0.3, -0.25) is 4.79 Å². The standard InChI is InChI=1S/C16H19N3O3/c1-16(2,3)22-15(21)18-8-11-5-4-6-12(7-11)13-9-17-10-19-14(13)20/h4-7,9-10H,8H2,1-3H3,(H,18,21)(H,17,19,20). The Balaban J connectivity index is 2.08. The molecule has 22 heavy (non-hydrogen) atoms. The summed E-state index contributed by atoms with van der Waals surface area (Å²) < 4.78 is 5.18. The van der Waals surface area contributed by atoms with Crippen molar-refractivity contribution in [1.29, 1.82) is 0 Å². The highest BCUT2D eigenvalue weighted by atomic mass is 16.6. The molecule has 6 heteroatoms. The van der Waals surface area contributed by atoms with Crippen LogP contribution in [-0.4, -0.2) is 21.7 Å². The van der Waals surface area contributed by atoms with Crippen molar-refractivity contribution in [2.24, 2.45) is 0 Å². The molecule has 1 amide bonds. The van der Waals surface area contributed by atoms with Crippen LogP contribution in [0.5, 0.6) is 0 Å². The molecule has 1 aromatic carbocycles. The molecule has 0 atom stereocenters. The number of H-pyrrole nitrogens is 1. The second kappa shape index (κ2) is 6.43. The van der Waals surface area contributed by atoms with Gasteiger partial charge in [0.05, 0.1) is 11.9 Å². The average Bonchev–Trinajstić information content (AvgIpc) is 2.44. The van der Waals surface area contributed by atoms with Crippen LogP contribution in [-0.2, 0) is 11.3 Å². The first-order valence-electron chi connectivity index (χ1n) is 6.94. The van der Waals surface area contributed by atoms with E-state index in [2.05, 4.69) is 15.3 Å². The van der Waals surface area contributed by atoms with Crippen LogP contribution < -0.4 is 10.9 Å². The van der Waals surface area contributed by atoms with Gasteiger partial charge in [-0.05, 0) is 38.0 Å². The number of carbonyl (C=O) groups excluding carboxylic acids is 1. The summed E-state index contributed by atoms with van der Waals surface area (Å²) in [5, 5.41) is 2.69. The summed E-state index contributed by atoms with van der Waals surface area (Å²) in [5.41, 5.74) is 1.37. The number of benzene rings is 1. The lowest BCUT2D eigenvalue weighted by Crippen LogP contribution is -2.32. The minimum atomic E-state index is -0.533. The molecule has 2 rings (SSSR count). The minimum Gasteiger partial charge on any atom is -0.444 e. The number of ether oxygens (including phenoxy) is 1. The molecule has 0 saturated carbocycles. The van der Waals surface area contributed by atoms with E-state index < -0.39 is 11.7 Å². The van der Waals surface area contributed by atoms with Crippen molar-refractivity contribution >= 4 is 6.09 Å². The summed E-state index contributed by atoms with van der Waals surface area (Å²) >= 11 is 0. The van der Waals surface area contributed by atoms with Crippen LogP contribution in [0.3, 0.4) is 0 Å². The fourth-order valence-corrected chi connectivity index (χ4v) is 1.89. The SMILES string of the molecule is CC(C)(C)OC(=O)NCc1cccc(-c2cnc[nH]c2=O)c1.